The van der Waals surface area contributed by atoms with Crippen molar-refractivity contribution in [3.63, 3.8) is 0 Å². The molecule has 1 fully saturated rings. The van der Waals surface area contributed by atoms with Crippen LogP contribution in [0.25, 0.3) is 0 Å². The quantitative estimate of drug-likeness (QED) is 0.814. The lowest BCUT2D eigenvalue weighted by molar-refractivity contribution is -0.0165. The zero-order valence-electron chi connectivity index (χ0n) is 12.2. The molecular weight excluding hydrogens is 230 g/mol. The average molecular weight is 257 g/mol. The van der Waals surface area contributed by atoms with Crippen LogP contribution in [0.2, 0.25) is 0 Å². The first-order valence-electron chi connectivity index (χ1n) is 6.80. The van der Waals surface area contributed by atoms with Gasteiger partial charge < -0.3 is 15.2 Å². The maximum absolute atomic E-state index is 11.9. The van der Waals surface area contributed by atoms with E-state index in [4.69, 9.17) is 4.74 Å². The van der Waals surface area contributed by atoms with E-state index in [9.17, 15) is 9.90 Å². The van der Waals surface area contributed by atoms with Crippen LogP contribution < -0.4 is 5.32 Å². The Balaban J connectivity index is 2.67. The van der Waals surface area contributed by atoms with Crippen LogP contribution in [0.3, 0.4) is 0 Å². The lowest BCUT2D eigenvalue weighted by atomic mass is 9.62. The van der Waals surface area contributed by atoms with E-state index in [-0.39, 0.29) is 30.1 Å². The third-order valence-electron chi connectivity index (χ3n) is 3.66. The lowest BCUT2D eigenvalue weighted by Gasteiger charge is -2.48. The molecule has 0 heterocycles. The number of hydrogen-bond acceptors (Lipinski definition) is 3. The second-order valence-corrected chi connectivity index (χ2v) is 6.74. The number of rotatable bonds is 4. The first-order valence-corrected chi connectivity index (χ1v) is 6.80. The van der Waals surface area contributed by atoms with Crippen LogP contribution in [-0.4, -0.2) is 29.4 Å². The molecule has 106 valence electrons. The molecule has 0 radical (unpaired) electrons. The molecule has 1 rings (SSSR count). The zero-order chi connectivity index (χ0) is 14.0. The maximum atomic E-state index is 11.9. The number of carbonyl (C=O) groups excluding carboxylic acids is 1. The van der Waals surface area contributed by atoms with Crippen LogP contribution in [0.4, 0.5) is 4.79 Å². The zero-order valence-corrected chi connectivity index (χ0v) is 12.2. The van der Waals surface area contributed by atoms with E-state index in [1.165, 1.54) is 0 Å². The van der Waals surface area contributed by atoms with Gasteiger partial charge in [-0.1, -0.05) is 20.3 Å². The van der Waals surface area contributed by atoms with Gasteiger partial charge in [-0.25, -0.2) is 4.79 Å². The molecule has 1 atom stereocenters. The fourth-order valence-corrected chi connectivity index (χ4v) is 2.66. The van der Waals surface area contributed by atoms with Gasteiger partial charge in [-0.15, -0.1) is 0 Å². The van der Waals surface area contributed by atoms with Gasteiger partial charge in [0, 0.05) is 11.5 Å². The summed E-state index contributed by atoms with van der Waals surface area (Å²) in [4.78, 5) is 11.9. The van der Waals surface area contributed by atoms with Crippen molar-refractivity contribution < 1.29 is 14.6 Å². The first kappa shape index (κ1) is 15.3. The van der Waals surface area contributed by atoms with Crippen LogP contribution in [0, 0.1) is 11.3 Å². The van der Waals surface area contributed by atoms with Gasteiger partial charge in [0.2, 0.25) is 0 Å². The molecule has 4 nitrogen and oxygen atoms in total. The molecule has 0 bridgehead atoms. The summed E-state index contributed by atoms with van der Waals surface area (Å²) in [6.45, 7) is 9.81. The number of alkyl carbamates (subject to hydrolysis) is 1. The molecule has 0 aliphatic heterocycles. The van der Waals surface area contributed by atoms with E-state index in [1.54, 1.807) is 0 Å². The third kappa shape index (κ3) is 3.61. The van der Waals surface area contributed by atoms with Crippen molar-refractivity contribution in [3.05, 3.63) is 0 Å². The Labute approximate surface area is 110 Å². The van der Waals surface area contributed by atoms with Gasteiger partial charge >= 0.3 is 6.09 Å². The molecule has 1 saturated carbocycles. The van der Waals surface area contributed by atoms with Crippen molar-refractivity contribution in [2.45, 2.75) is 65.5 Å². The molecule has 1 unspecified atom stereocenters. The highest BCUT2D eigenvalue weighted by molar-refractivity contribution is 5.68. The number of nitrogens with one attached hydrogen (secondary N) is 1. The van der Waals surface area contributed by atoms with E-state index < -0.39 is 5.60 Å². The number of carbonyl (C=O) groups is 1. The average Bonchev–Trinajstić information content (AvgIpc) is 2.12. The molecule has 0 spiro atoms. The Morgan fingerprint density at radius 1 is 1.39 bits per heavy atom. The molecule has 18 heavy (non-hydrogen) atoms. The number of hydrogen-bond donors (Lipinski definition) is 2. The van der Waals surface area contributed by atoms with Crippen molar-refractivity contribution >= 4 is 6.09 Å². The highest BCUT2D eigenvalue weighted by Crippen LogP contribution is 2.45. The largest absolute Gasteiger partial charge is 0.444 e. The minimum atomic E-state index is -0.488. The Hall–Kier alpha value is -0.770. The van der Waals surface area contributed by atoms with E-state index >= 15 is 0 Å². The second kappa shape index (κ2) is 5.47. The van der Waals surface area contributed by atoms with Gasteiger partial charge in [0.25, 0.3) is 0 Å². The number of aliphatic hydroxyl groups excluding tert-OH is 1. The van der Waals surface area contributed by atoms with Crippen LogP contribution in [0.5, 0.6) is 0 Å². The Morgan fingerprint density at radius 3 is 2.22 bits per heavy atom. The summed E-state index contributed by atoms with van der Waals surface area (Å²) in [6, 6.07) is -0.0221. The summed E-state index contributed by atoms with van der Waals surface area (Å²) >= 11 is 0. The highest BCUT2D eigenvalue weighted by Gasteiger charge is 2.45. The molecular formula is C14H27NO3. The molecule has 1 amide bonds. The molecule has 0 aromatic rings. The number of aliphatic hydroxyl groups is 1. The van der Waals surface area contributed by atoms with Crippen LogP contribution in [0.15, 0.2) is 0 Å². The fourth-order valence-electron chi connectivity index (χ4n) is 2.66. The van der Waals surface area contributed by atoms with E-state index in [1.807, 2.05) is 20.8 Å². The van der Waals surface area contributed by atoms with Crippen molar-refractivity contribution in [3.8, 4) is 0 Å². The van der Waals surface area contributed by atoms with E-state index in [2.05, 4.69) is 19.2 Å². The number of ether oxygens (including phenoxy) is 1. The van der Waals surface area contributed by atoms with Crippen LogP contribution >= 0.6 is 0 Å². The summed E-state index contributed by atoms with van der Waals surface area (Å²) < 4.78 is 5.29. The van der Waals surface area contributed by atoms with Gasteiger partial charge in [0.1, 0.15) is 5.60 Å². The summed E-state index contributed by atoms with van der Waals surface area (Å²) in [6.07, 6.45) is 2.69. The summed E-state index contributed by atoms with van der Waals surface area (Å²) in [5.41, 5.74) is -0.636. The van der Waals surface area contributed by atoms with Crippen molar-refractivity contribution in [2.75, 3.05) is 6.61 Å². The first-order chi connectivity index (χ1) is 8.20. The topological polar surface area (TPSA) is 58.6 Å². The van der Waals surface area contributed by atoms with Crippen LogP contribution in [-0.2, 0) is 4.74 Å². The lowest BCUT2D eigenvalue weighted by Crippen LogP contribution is -2.56. The molecule has 2 N–H and O–H groups in total. The van der Waals surface area contributed by atoms with Gasteiger partial charge in [-0.3, -0.25) is 0 Å². The van der Waals surface area contributed by atoms with Crippen molar-refractivity contribution in [1.29, 1.82) is 0 Å². The Kier molecular flexibility index (Phi) is 4.65. The molecule has 1 aliphatic carbocycles. The normalized spacial score (nSPS) is 20.2. The maximum Gasteiger partial charge on any atom is 0.407 e. The highest BCUT2D eigenvalue weighted by atomic mass is 16.6. The van der Waals surface area contributed by atoms with Gasteiger partial charge in [0.15, 0.2) is 0 Å². The Morgan fingerprint density at radius 2 is 1.94 bits per heavy atom. The molecule has 4 heteroatoms. The summed E-state index contributed by atoms with van der Waals surface area (Å²) in [5.74, 6) is 0.282. The second-order valence-electron chi connectivity index (χ2n) is 6.74. The molecule has 1 aliphatic rings. The van der Waals surface area contributed by atoms with Crippen LogP contribution in [0.1, 0.15) is 53.9 Å². The number of amides is 1. The summed E-state index contributed by atoms with van der Waals surface area (Å²) in [7, 11) is 0. The van der Waals surface area contributed by atoms with Crippen molar-refractivity contribution in [1.82, 2.24) is 5.32 Å². The van der Waals surface area contributed by atoms with E-state index in [0.29, 0.717) is 0 Å². The van der Waals surface area contributed by atoms with E-state index in [0.717, 1.165) is 19.3 Å². The minimum absolute atomic E-state index is 0.0221. The summed E-state index contributed by atoms with van der Waals surface area (Å²) in [5, 5.41) is 12.6. The SMILES string of the molecule is CC(C)C(NC(=O)OC(C)(C)C)C1(CO)CCC1. The molecule has 0 saturated heterocycles. The minimum Gasteiger partial charge on any atom is -0.444 e. The third-order valence-corrected chi connectivity index (χ3v) is 3.66. The molecule has 0 aromatic heterocycles. The smallest absolute Gasteiger partial charge is 0.407 e. The Bertz CT molecular complexity index is 284. The predicted octanol–water partition coefficient (Wildman–Crippen LogP) is 2.70. The van der Waals surface area contributed by atoms with Gasteiger partial charge in [-0.2, -0.15) is 0 Å². The fraction of sp³-hybridized carbons (Fsp3) is 0.929. The van der Waals surface area contributed by atoms with Crippen molar-refractivity contribution in [2.24, 2.45) is 11.3 Å². The van der Waals surface area contributed by atoms with Gasteiger partial charge in [0.05, 0.1) is 6.61 Å². The predicted molar refractivity (Wildman–Crippen MR) is 71.4 cm³/mol. The molecule has 0 aromatic carbocycles. The van der Waals surface area contributed by atoms with Gasteiger partial charge in [-0.05, 0) is 39.5 Å². The standard InChI is InChI=1S/C14H27NO3/c1-10(2)11(14(9-16)7-6-8-14)15-12(17)18-13(3,4)5/h10-11,16H,6-9H2,1-5H3,(H,15,17). The monoisotopic (exact) mass is 257 g/mol.